The predicted octanol–water partition coefficient (Wildman–Crippen LogP) is 5.31. The minimum atomic E-state index is -0.572. The number of benzene rings is 1. The Morgan fingerprint density at radius 2 is 1.79 bits per heavy atom. The number of ether oxygens (including phenoxy) is 1. The van der Waals surface area contributed by atoms with E-state index in [4.69, 9.17) is 0 Å². The normalized spacial score (nSPS) is 17.0. The first-order valence-corrected chi connectivity index (χ1v) is 11.0. The summed E-state index contributed by atoms with van der Waals surface area (Å²) in [7, 11) is 1.28. The number of unbranched alkanes of at least 4 members (excludes halogenated alkanes) is 7. The Labute approximate surface area is 177 Å². The Bertz CT molecular complexity index is 760. The Morgan fingerprint density at radius 3 is 2.48 bits per heavy atom. The number of hydrogen-bond acceptors (Lipinski definition) is 6. The van der Waals surface area contributed by atoms with Crippen molar-refractivity contribution in [1.29, 1.82) is 0 Å². The number of methoxy groups -OCH3 is 1. The van der Waals surface area contributed by atoms with Gasteiger partial charge in [-0.25, -0.2) is 4.79 Å². The highest BCUT2D eigenvalue weighted by Gasteiger charge is 2.35. The second kappa shape index (κ2) is 12.9. The zero-order valence-electron chi connectivity index (χ0n) is 17.2. The molecular formula is C22H29N3O3S. The molecule has 0 N–H and O–H groups in total. The molecule has 7 heteroatoms. The zero-order valence-corrected chi connectivity index (χ0v) is 18.0. The third-order valence-electron chi connectivity index (χ3n) is 4.43. The number of hydrogen-bond donors (Lipinski definition) is 0. The SMILES string of the molecule is CCCCCCCCC/C=N/N=C1\S/C(=C\C(=O)OC)C(=O)N1c1ccccc1. The van der Waals surface area contributed by atoms with E-state index in [1.54, 1.807) is 6.21 Å². The van der Waals surface area contributed by atoms with Crippen molar-refractivity contribution in [2.24, 2.45) is 10.2 Å². The van der Waals surface area contributed by atoms with E-state index in [0.717, 1.165) is 24.6 Å². The molecule has 1 fully saturated rings. The zero-order chi connectivity index (χ0) is 20.9. The highest BCUT2D eigenvalue weighted by molar-refractivity contribution is 8.19. The average molecular weight is 416 g/mol. The van der Waals surface area contributed by atoms with Crippen LogP contribution in [-0.4, -0.2) is 30.4 Å². The molecule has 0 atom stereocenters. The smallest absolute Gasteiger partial charge is 0.331 e. The molecule has 1 heterocycles. The summed E-state index contributed by atoms with van der Waals surface area (Å²) in [5, 5.41) is 8.81. The minimum Gasteiger partial charge on any atom is -0.466 e. The van der Waals surface area contributed by atoms with Crippen LogP contribution in [0.1, 0.15) is 58.3 Å². The Hall–Kier alpha value is -2.41. The van der Waals surface area contributed by atoms with Crippen molar-refractivity contribution >= 4 is 40.7 Å². The fourth-order valence-corrected chi connectivity index (χ4v) is 3.75. The lowest BCUT2D eigenvalue weighted by molar-refractivity contribution is -0.135. The molecule has 0 bridgehead atoms. The highest BCUT2D eigenvalue weighted by Crippen LogP contribution is 2.34. The topological polar surface area (TPSA) is 71.3 Å². The molecule has 0 unspecified atom stereocenters. The maximum Gasteiger partial charge on any atom is 0.331 e. The second-order valence-corrected chi connectivity index (χ2v) is 7.71. The Morgan fingerprint density at radius 1 is 1.10 bits per heavy atom. The minimum absolute atomic E-state index is 0.265. The van der Waals surface area contributed by atoms with E-state index < -0.39 is 5.97 Å². The van der Waals surface area contributed by atoms with Crippen molar-refractivity contribution in [3.8, 4) is 0 Å². The van der Waals surface area contributed by atoms with Gasteiger partial charge in [0.05, 0.1) is 17.7 Å². The molecule has 0 saturated carbocycles. The fraction of sp³-hybridized carbons (Fsp3) is 0.455. The van der Waals surface area contributed by atoms with Crippen LogP contribution in [0.15, 0.2) is 51.5 Å². The van der Waals surface area contributed by atoms with Crippen LogP contribution in [0.4, 0.5) is 5.69 Å². The number of esters is 1. The molecule has 2 rings (SSSR count). The van der Waals surface area contributed by atoms with Crippen LogP contribution >= 0.6 is 11.8 Å². The van der Waals surface area contributed by atoms with Crippen molar-refractivity contribution in [3.05, 3.63) is 41.3 Å². The van der Waals surface area contributed by atoms with Crippen molar-refractivity contribution in [2.75, 3.05) is 12.0 Å². The summed E-state index contributed by atoms with van der Waals surface area (Å²) in [6.45, 7) is 2.22. The average Bonchev–Trinajstić information content (AvgIpc) is 3.04. The Kier molecular flexibility index (Phi) is 10.2. The number of para-hydroxylation sites is 1. The molecular weight excluding hydrogens is 386 g/mol. The van der Waals surface area contributed by atoms with Gasteiger partial charge in [-0.2, -0.15) is 5.10 Å². The van der Waals surface area contributed by atoms with E-state index in [0.29, 0.717) is 10.9 Å². The molecule has 0 aliphatic carbocycles. The molecule has 1 saturated heterocycles. The van der Waals surface area contributed by atoms with Gasteiger partial charge in [0.1, 0.15) is 0 Å². The van der Waals surface area contributed by atoms with Gasteiger partial charge < -0.3 is 4.74 Å². The number of amides is 1. The van der Waals surface area contributed by atoms with E-state index in [9.17, 15) is 9.59 Å². The number of amidine groups is 1. The molecule has 1 aliphatic rings. The largest absolute Gasteiger partial charge is 0.466 e. The maximum atomic E-state index is 12.7. The van der Waals surface area contributed by atoms with E-state index in [2.05, 4.69) is 21.9 Å². The summed E-state index contributed by atoms with van der Waals surface area (Å²) in [5.41, 5.74) is 0.680. The summed E-state index contributed by atoms with van der Waals surface area (Å²) in [6.07, 6.45) is 12.6. The molecule has 0 radical (unpaired) electrons. The number of carbonyl (C=O) groups is 2. The summed E-state index contributed by atoms with van der Waals surface area (Å²) in [4.78, 5) is 26.0. The van der Waals surface area contributed by atoms with Crippen molar-refractivity contribution < 1.29 is 14.3 Å². The van der Waals surface area contributed by atoms with Crippen molar-refractivity contribution in [2.45, 2.75) is 58.3 Å². The van der Waals surface area contributed by atoms with Gasteiger partial charge in [-0.3, -0.25) is 9.69 Å². The van der Waals surface area contributed by atoms with Crippen LogP contribution in [0.2, 0.25) is 0 Å². The highest BCUT2D eigenvalue weighted by atomic mass is 32.2. The van der Waals surface area contributed by atoms with Crippen LogP contribution in [0, 0.1) is 0 Å². The van der Waals surface area contributed by atoms with Gasteiger partial charge in [0, 0.05) is 12.3 Å². The summed E-state index contributed by atoms with van der Waals surface area (Å²) in [6, 6.07) is 9.20. The lowest BCUT2D eigenvalue weighted by atomic mass is 10.1. The second-order valence-electron chi connectivity index (χ2n) is 6.70. The first-order valence-electron chi connectivity index (χ1n) is 10.1. The van der Waals surface area contributed by atoms with Gasteiger partial charge in [-0.1, -0.05) is 63.6 Å². The van der Waals surface area contributed by atoms with E-state index in [1.807, 2.05) is 30.3 Å². The van der Waals surface area contributed by atoms with Crippen LogP contribution in [0.3, 0.4) is 0 Å². The third kappa shape index (κ3) is 7.49. The van der Waals surface area contributed by atoms with Gasteiger partial charge in [-0.05, 0) is 36.7 Å². The number of rotatable bonds is 11. The van der Waals surface area contributed by atoms with Gasteiger partial charge in [0.2, 0.25) is 5.17 Å². The predicted molar refractivity (Wildman–Crippen MR) is 120 cm³/mol. The molecule has 0 aromatic heterocycles. The van der Waals surface area contributed by atoms with Crippen LogP contribution in [0.5, 0.6) is 0 Å². The maximum absolute atomic E-state index is 12.7. The standard InChI is InChI=1S/C22H29N3O3S/c1-3-4-5-6-7-8-9-13-16-23-24-22-25(18-14-11-10-12-15-18)21(27)19(29-22)17-20(26)28-2/h10-12,14-17H,3-9,13H2,1-2H3/b19-17-,23-16+,24-22-. The summed E-state index contributed by atoms with van der Waals surface area (Å²) < 4.78 is 4.63. The van der Waals surface area contributed by atoms with Gasteiger partial charge in [-0.15, -0.1) is 5.10 Å². The molecule has 1 aromatic rings. The molecule has 6 nitrogen and oxygen atoms in total. The summed E-state index contributed by atoms with van der Waals surface area (Å²) in [5.74, 6) is -0.884. The van der Waals surface area contributed by atoms with Crippen molar-refractivity contribution in [3.63, 3.8) is 0 Å². The molecule has 1 amide bonds. The Balaban J connectivity index is 1.97. The molecule has 1 aliphatic heterocycles. The van der Waals surface area contributed by atoms with E-state index in [-0.39, 0.29) is 10.8 Å². The molecule has 1 aromatic carbocycles. The summed E-state index contributed by atoms with van der Waals surface area (Å²) >= 11 is 1.12. The number of carbonyl (C=O) groups excluding carboxylic acids is 2. The van der Waals surface area contributed by atoms with Crippen LogP contribution < -0.4 is 4.90 Å². The van der Waals surface area contributed by atoms with E-state index in [1.165, 1.54) is 56.6 Å². The van der Waals surface area contributed by atoms with E-state index >= 15 is 0 Å². The molecule has 0 spiro atoms. The quantitative estimate of drug-likeness (QED) is 0.161. The molecule has 29 heavy (non-hydrogen) atoms. The monoisotopic (exact) mass is 415 g/mol. The molecule has 156 valence electrons. The lowest BCUT2D eigenvalue weighted by Crippen LogP contribution is -2.28. The fourth-order valence-electron chi connectivity index (χ4n) is 2.85. The van der Waals surface area contributed by atoms with Gasteiger partial charge in [0.25, 0.3) is 5.91 Å². The van der Waals surface area contributed by atoms with Gasteiger partial charge >= 0.3 is 5.97 Å². The lowest BCUT2D eigenvalue weighted by Gasteiger charge is -2.14. The van der Waals surface area contributed by atoms with Gasteiger partial charge in [0.15, 0.2) is 0 Å². The first kappa shape index (κ1) is 22.9. The van der Waals surface area contributed by atoms with Crippen LogP contribution in [0.25, 0.3) is 0 Å². The number of thioether (sulfide) groups is 1. The number of nitrogens with zero attached hydrogens (tertiary/aromatic N) is 3. The third-order valence-corrected chi connectivity index (χ3v) is 5.39. The number of anilines is 1. The first-order chi connectivity index (χ1) is 14.2. The van der Waals surface area contributed by atoms with Crippen molar-refractivity contribution in [1.82, 2.24) is 0 Å². The van der Waals surface area contributed by atoms with Crippen LogP contribution in [-0.2, 0) is 14.3 Å².